The number of ether oxygens (including phenoxy) is 1. The van der Waals surface area contributed by atoms with Crippen molar-refractivity contribution < 1.29 is 9.53 Å². The van der Waals surface area contributed by atoms with E-state index in [1.807, 2.05) is 0 Å². The zero-order valence-electron chi connectivity index (χ0n) is 9.76. The summed E-state index contributed by atoms with van der Waals surface area (Å²) in [5, 5.41) is 6.52. The highest BCUT2D eigenvalue weighted by Gasteiger charge is 2.36. The number of fused-ring (bicyclic) bond motifs is 3. The highest BCUT2D eigenvalue weighted by atomic mass is 16.5. The molecule has 1 unspecified atom stereocenters. The minimum absolute atomic E-state index is 0.108. The van der Waals surface area contributed by atoms with E-state index in [0.29, 0.717) is 12.3 Å². The van der Waals surface area contributed by atoms with E-state index < -0.39 is 0 Å². The van der Waals surface area contributed by atoms with Crippen LogP contribution >= 0.6 is 0 Å². The van der Waals surface area contributed by atoms with Gasteiger partial charge >= 0.3 is 5.97 Å². The molecule has 0 radical (unpaired) electrons. The van der Waals surface area contributed by atoms with Gasteiger partial charge in [-0.25, -0.2) is 0 Å². The summed E-state index contributed by atoms with van der Waals surface area (Å²) in [6.45, 7) is 3.25. The maximum Gasteiger partial charge on any atom is 0.310 e. The van der Waals surface area contributed by atoms with Crippen LogP contribution in [0.1, 0.15) is 18.4 Å². The summed E-state index contributed by atoms with van der Waals surface area (Å²) in [6, 6.07) is 0. The Bertz CT molecular complexity index is 382. The minimum atomic E-state index is -0.134. The van der Waals surface area contributed by atoms with E-state index in [1.54, 1.807) is 12.4 Å². The third-order valence-corrected chi connectivity index (χ3v) is 3.78. The Hall–Kier alpha value is -1.36. The summed E-state index contributed by atoms with van der Waals surface area (Å²) >= 11 is 0. The molecule has 0 aromatic carbocycles. The van der Waals surface area contributed by atoms with E-state index in [1.165, 1.54) is 25.9 Å². The molecule has 3 fully saturated rings. The van der Waals surface area contributed by atoms with Crippen LogP contribution in [0.3, 0.4) is 0 Å². The fourth-order valence-electron chi connectivity index (χ4n) is 2.80. The lowest BCUT2D eigenvalue weighted by Crippen LogP contribution is -2.52. The highest BCUT2D eigenvalue weighted by molar-refractivity contribution is 5.72. The number of hydrogen-bond acceptors (Lipinski definition) is 4. The van der Waals surface area contributed by atoms with E-state index in [2.05, 4.69) is 15.1 Å². The van der Waals surface area contributed by atoms with Crippen LogP contribution < -0.4 is 0 Å². The molecule has 0 amide bonds. The molecule has 5 heteroatoms. The zero-order chi connectivity index (χ0) is 11.7. The van der Waals surface area contributed by atoms with Gasteiger partial charge in [-0.3, -0.25) is 14.8 Å². The van der Waals surface area contributed by atoms with E-state index in [9.17, 15) is 4.79 Å². The Balaban J connectivity index is 1.55. The van der Waals surface area contributed by atoms with Crippen LogP contribution in [0.5, 0.6) is 0 Å². The van der Waals surface area contributed by atoms with Gasteiger partial charge in [0.2, 0.25) is 0 Å². The number of aromatic nitrogens is 2. The fraction of sp³-hybridized carbons (Fsp3) is 0.667. The summed E-state index contributed by atoms with van der Waals surface area (Å²) in [7, 11) is 0. The summed E-state index contributed by atoms with van der Waals surface area (Å²) in [5.74, 6) is 0.443. The number of piperidine rings is 3. The fourth-order valence-corrected chi connectivity index (χ4v) is 2.80. The average Bonchev–Trinajstić information content (AvgIpc) is 2.83. The number of hydrogen-bond donors (Lipinski definition) is 1. The molecule has 1 aromatic heterocycles. The molecule has 3 aliphatic heterocycles. The lowest BCUT2D eigenvalue weighted by Gasteiger charge is -2.43. The van der Waals surface area contributed by atoms with Gasteiger partial charge in [-0.15, -0.1) is 0 Å². The Labute approximate surface area is 100 Å². The van der Waals surface area contributed by atoms with Crippen molar-refractivity contribution in [1.82, 2.24) is 15.1 Å². The molecule has 3 saturated heterocycles. The SMILES string of the molecule is O=C(Cc1cn[nH]c1)OC1CN2CCC1CC2. The molecular formula is C12H17N3O2. The average molecular weight is 235 g/mol. The monoisotopic (exact) mass is 235 g/mol. The largest absolute Gasteiger partial charge is 0.460 e. The van der Waals surface area contributed by atoms with E-state index >= 15 is 0 Å². The van der Waals surface area contributed by atoms with Crippen LogP contribution in [0.25, 0.3) is 0 Å². The normalized spacial score (nSPS) is 31.4. The van der Waals surface area contributed by atoms with Crippen molar-refractivity contribution in [1.29, 1.82) is 0 Å². The van der Waals surface area contributed by atoms with Gasteiger partial charge in [-0.2, -0.15) is 5.10 Å². The standard InChI is InChI=1S/C12H17N3O2/c16-12(5-9-6-13-14-7-9)17-11-8-15-3-1-10(11)2-4-15/h6-7,10-11H,1-5,8H2,(H,13,14). The number of esters is 1. The number of aromatic amines is 1. The third kappa shape index (κ3) is 2.34. The van der Waals surface area contributed by atoms with E-state index in [0.717, 1.165) is 12.1 Å². The quantitative estimate of drug-likeness (QED) is 0.779. The topological polar surface area (TPSA) is 58.2 Å². The van der Waals surface area contributed by atoms with Gasteiger partial charge in [0.15, 0.2) is 0 Å². The molecule has 17 heavy (non-hydrogen) atoms. The second-order valence-corrected chi connectivity index (χ2v) is 4.95. The number of nitrogens with one attached hydrogen (secondary N) is 1. The van der Waals surface area contributed by atoms with Gasteiger partial charge in [0.1, 0.15) is 6.10 Å². The van der Waals surface area contributed by atoms with Gasteiger partial charge in [0.05, 0.1) is 12.6 Å². The van der Waals surface area contributed by atoms with Crippen molar-refractivity contribution in [3.05, 3.63) is 18.0 Å². The number of H-pyrrole nitrogens is 1. The van der Waals surface area contributed by atoms with Gasteiger partial charge < -0.3 is 4.74 Å². The van der Waals surface area contributed by atoms with Gasteiger partial charge in [-0.05, 0) is 31.8 Å². The van der Waals surface area contributed by atoms with Gasteiger partial charge in [0, 0.05) is 18.3 Å². The number of nitrogens with zero attached hydrogens (tertiary/aromatic N) is 2. The van der Waals surface area contributed by atoms with Crippen molar-refractivity contribution in [2.75, 3.05) is 19.6 Å². The molecule has 4 heterocycles. The second kappa shape index (κ2) is 4.49. The van der Waals surface area contributed by atoms with Crippen molar-refractivity contribution in [3.8, 4) is 0 Å². The molecule has 92 valence electrons. The lowest BCUT2D eigenvalue weighted by atomic mass is 9.86. The van der Waals surface area contributed by atoms with Crippen molar-refractivity contribution in [2.45, 2.75) is 25.4 Å². The van der Waals surface area contributed by atoms with Crippen LogP contribution in [0.15, 0.2) is 12.4 Å². The van der Waals surface area contributed by atoms with E-state index in [-0.39, 0.29) is 12.1 Å². The maximum atomic E-state index is 11.8. The van der Waals surface area contributed by atoms with E-state index in [4.69, 9.17) is 4.74 Å². The Morgan fingerprint density at radius 2 is 2.35 bits per heavy atom. The predicted octanol–water partition coefficient (Wildman–Crippen LogP) is 0.590. The number of rotatable bonds is 3. The number of carbonyl (C=O) groups excluding carboxylic acids is 1. The smallest absolute Gasteiger partial charge is 0.310 e. The molecule has 0 saturated carbocycles. The maximum absolute atomic E-state index is 11.8. The first-order valence-electron chi connectivity index (χ1n) is 6.21. The first kappa shape index (κ1) is 10.8. The van der Waals surface area contributed by atoms with Crippen molar-refractivity contribution in [3.63, 3.8) is 0 Å². The minimum Gasteiger partial charge on any atom is -0.460 e. The molecule has 3 aliphatic rings. The van der Waals surface area contributed by atoms with Crippen molar-refractivity contribution >= 4 is 5.97 Å². The Morgan fingerprint density at radius 1 is 1.53 bits per heavy atom. The Kier molecular flexibility index (Phi) is 2.84. The van der Waals surface area contributed by atoms with Gasteiger partial charge in [-0.1, -0.05) is 0 Å². The third-order valence-electron chi connectivity index (χ3n) is 3.78. The zero-order valence-corrected chi connectivity index (χ0v) is 9.76. The van der Waals surface area contributed by atoms with Crippen LogP contribution in [0, 0.1) is 5.92 Å². The summed E-state index contributed by atoms with van der Waals surface area (Å²) < 4.78 is 5.58. The molecule has 5 nitrogen and oxygen atoms in total. The van der Waals surface area contributed by atoms with Crippen LogP contribution in [-0.2, 0) is 16.0 Å². The Morgan fingerprint density at radius 3 is 2.94 bits per heavy atom. The van der Waals surface area contributed by atoms with Crippen LogP contribution in [0.2, 0.25) is 0 Å². The summed E-state index contributed by atoms with van der Waals surface area (Å²) in [6.07, 6.45) is 6.17. The summed E-state index contributed by atoms with van der Waals surface area (Å²) in [4.78, 5) is 14.2. The summed E-state index contributed by atoms with van der Waals surface area (Å²) in [5.41, 5.74) is 0.885. The molecule has 1 atom stereocenters. The van der Waals surface area contributed by atoms with Gasteiger partial charge in [0.25, 0.3) is 0 Å². The molecule has 1 aromatic rings. The molecule has 0 aliphatic carbocycles. The molecule has 1 N–H and O–H groups in total. The molecule has 2 bridgehead atoms. The first-order chi connectivity index (χ1) is 8.31. The lowest BCUT2D eigenvalue weighted by molar-refractivity contribution is -0.157. The van der Waals surface area contributed by atoms with Crippen molar-refractivity contribution in [2.24, 2.45) is 5.92 Å². The molecule has 4 rings (SSSR count). The van der Waals surface area contributed by atoms with Crippen LogP contribution in [-0.4, -0.2) is 46.8 Å². The first-order valence-corrected chi connectivity index (χ1v) is 6.21. The highest BCUT2D eigenvalue weighted by Crippen LogP contribution is 2.29. The second-order valence-electron chi connectivity index (χ2n) is 4.95. The number of carbonyl (C=O) groups is 1. The molecular weight excluding hydrogens is 218 g/mol. The van der Waals surface area contributed by atoms with Crippen LogP contribution in [0.4, 0.5) is 0 Å². The predicted molar refractivity (Wildman–Crippen MR) is 61.3 cm³/mol. The molecule has 0 spiro atoms.